The maximum absolute atomic E-state index is 5.71. The van der Waals surface area contributed by atoms with E-state index in [9.17, 15) is 0 Å². The minimum absolute atomic E-state index is 0.0718. The first kappa shape index (κ1) is 13.3. The van der Waals surface area contributed by atoms with Gasteiger partial charge in [-0.3, -0.25) is 5.84 Å². The average molecular weight is 309 g/mol. The van der Waals surface area contributed by atoms with Crippen LogP contribution in [0, 0.1) is 20.8 Å². The highest BCUT2D eigenvalue weighted by molar-refractivity contribution is 9.10. The van der Waals surface area contributed by atoms with E-state index in [2.05, 4.69) is 54.3 Å². The average Bonchev–Trinajstić information content (AvgIpc) is 2.73. The second kappa shape index (κ2) is 5.26. The summed E-state index contributed by atoms with van der Waals surface area (Å²) in [7, 11) is 0. The minimum Gasteiger partial charge on any atom is -0.457 e. The molecule has 1 heterocycles. The van der Waals surface area contributed by atoms with Gasteiger partial charge in [0, 0.05) is 5.56 Å². The first-order valence-electron chi connectivity index (χ1n) is 5.81. The molecule has 4 heteroatoms. The van der Waals surface area contributed by atoms with Crippen LogP contribution < -0.4 is 11.3 Å². The molecule has 96 valence electrons. The predicted molar refractivity (Wildman–Crippen MR) is 76.2 cm³/mol. The maximum atomic E-state index is 5.71. The molecule has 0 saturated heterocycles. The van der Waals surface area contributed by atoms with Crippen LogP contribution in [0.2, 0.25) is 0 Å². The molecule has 0 aliphatic carbocycles. The third-order valence-corrected chi connectivity index (χ3v) is 3.96. The molecule has 3 nitrogen and oxygen atoms in total. The van der Waals surface area contributed by atoms with Gasteiger partial charge in [-0.25, -0.2) is 5.43 Å². The van der Waals surface area contributed by atoms with Crippen molar-refractivity contribution in [2.45, 2.75) is 26.8 Å². The molecule has 0 aliphatic rings. The number of furan rings is 1. The molecule has 0 amide bonds. The van der Waals surface area contributed by atoms with Crippen LogP contribution in [0.5, 0.6) is 0 Å². The fourth-order valence-electron chi connectivity index (χ4n) is 2.15. The summed E-state index contributed by atoms with van der Waals surface area (Å²) in [6.07, 6.45) is 1.65. The van der Waals surface area contributed by atoms with Crippen LogP contribution in [0.3, 0.4) is 0 Å². The standard InChI is InChI=1S/C14H17BrN2O/c1-8-6-10(3)12(7-9(8)2)13(17-16)11-4-5-18-14(11)15/h4-7,13,17H,16H2,1-3H3. The number of rotatable bonds is 3. The number of hydrazine groups is 1. The van der Waals surface area contributed by atoms with Crippen LogP contribution in [0.15, 0.2) is 33.5 Å². The molecule has 2 aromatic rings. The maximum Gasteiger partial charge on any atom is 0.174 e. The Hall–Kier alpha value is -1.10. The van der Waals surface area contributed by atoms with Gasteiger partial charge in [0.05, 0.1) is 12.3 Å². The van der Waals surface area contributed by atoms with E-state index in [0.29, 0.717) is 4.67 Å². The normalized spacial score (nSPS) is 12.7. The summed E-state index contributed by atoms with van der Waals surface area (Å²) < 4.78 is 5.99. The number of hydrogen-bond donors (Lipinski definition) is 2. The van der Waals surface area contributed by atoms with Crippen molar-refractivity contribution in [3.63, 3.8) is 0 Å². The summed E-state index contributed by atoms with van der Waals surface area (Å²) in [5, 5.41) is 0. The van der Waals surface area contributed by atoms with Crippen molar-refractivity contribution in [2.24, 2.45) is 5.84 Å². The Kier molecular flexibility index (Phi) is 3.90. The van der Waals surface area contributed by atoms with E-state index < -0.39 is 0 Å². The van der Waals surface area contributed by atoms with Crippen LogP contribution >= 0.6 is 15.9 Å². The van der Waals surface area contributed by atoms with Crippen molar-refractivity contribution >= 4 is 15.9 Å². The van der Waals surface area contributed by atoms with E-state index in [1.165, 1.54) is 22.3 Å². The van der Waals surface area contributed by atoms with Crippen molar-refractivity contribution in [2.75, 3.05) is 0 Å². The summed E-state index contributed by atoms with van der Waals surface area (Å²) in [6.45, 7) is 6.32. The molecular weight excluding hydrogens is 292 g/mol. The van der Waals surface area contributed by atoms with Crippen LogP contribution in [0.25, 0.3) is 0 Å². The monoisotopic (exact) mass is 308 g/mol. The number of aryl methyl sites for hydroxylation is 3. The number of halogens is 1. The molecule has 0 fully saturated rings. The van der Waals surface area contributed by atoms with E-state index in [1.807, 2.05) is 6.07 Å². The van der Waals surface area contributed by atoms with Crippen molar-refractivity contribution < 1.29 is 4.42 Å². The fourth-order valence-corrected chi connectivity index (χ4v) is 2.62. The molecule has 18 heavy (non-hydrogen) atoms. The molecule has 0 saturated carbocycles. The zero-order valence-corrected chi connectivity index (χ0v) is 12.3. The van der Waals surface area contributed by atoms with Crippen LogP contribution in [0.1, 0.15) is 33.9 Å². The Morgan fingerprint density at radius 1 is 1.11 bits per heavy atom. The van der Waals surface area contributed by atoms with E-state index >= 15 is 0 Å². The van der Waals surface area contributed by atoms with Crippen LogP contribution in [-0.2, 0) is 0 Å². The first-order chi connectivity index (χ1) is 8.54. The Balaban J connectivity index is 2.52. The van der Waals surface area contributed by atoms with Gasteiger partial charge >= 0.3 is 0 Å². The zero-order chi connectivity index (χ0) is 13.3. The Morgan fingerprint density at radius 3 is 2.33 bits per heavy atom. The summed E-state index contributed by atoms with van der Waals surface area (Å²) in [6, 6.07) is 6.21. The van der Waals surface area contributed by atoms with Crippen LogP contribution in [0.4, 0.5) is 0 Å². The first-order valence-corrected chi connectivity index (χ1v) is 6.60. The summed E-state index contributed by atoms with van der Waals surface area (Å²) >= 11 is 3.40. The molecule has 0 radical (unpaired) electrons. The number of nitrogens with two attached hydrogens (primary N) is 1. The van der Waals surface area contributed by atoms with Gasteiger partial charge in [-0.15, -0.1) is 0 Å². The second-order valence-electron chi connectivity index (χ2n) is 4.54. The van der Waals surface area contributed by atoms with Crippen molar-refractivity contribution in [1.29, 1.82) is 0 Å². The van der Waals surface area contributed by atoms with E-state index in [-0.39, 0.29) is 6.04 Å². The molecule has 1 atom stereocenters. The number of nitrogens with one attached hydrogen (secondary N) is 1. The Bertz CT molecular complexity index is 563. The van der Waals surface area contributed by atoms with Gasteiger partial charge in [0.15, 0.2) is 4.67 Å². The van der Waals surface area contributed by atoms with Gasteiger partial charge in [-0.2, -0.15) is 0 Å². The van der Waals surface area contributed by atoms with Gasteiger partial charge in [-0.05, 0) is 65.0 Å². The van der Waals surface area contributed by atoms with Crippen molar-refractivity contribution in [3.05, 3.63) is 56.9 Å². The lowest BCUT2D eigenvalue weighted by atomic mass is 9.93. The molecule has 1 aromatic heterocycles. The summed E-state index contributed by atoms with van der Waals surface area (Å²) in [5.41, 5.74) is 8.80. The highest BCUT2D eigenvalue weighted by atomic mass is 79.9. The molecule has 1 unspecified atom stereocenters. The van der Waals surface area contributed by atoms with Gasteiger partial charge in [0.2, 0.25) is 0 Å². The van der Waals surface area contributed by atoms with Crippen molar-refractivity contribution in [3.8, 4) is 0 Å². The Morgan fingerprint density at radius 2 is 1.78 bits per heavy atom. The predicted octanol–water partition coefficient (Wildman–Crippen LogP) is 3.52. The molecule has 3 N–H and O–H groups in total. The zero-order valence-electron chi connectivity index (χ0n) is 10.8. The molecule has 0 aliphatic heterocycles. The van der Waals surface area contributed by atoms with E-state index in [0.717, 1.165) is 5.56 Å². The van der Waals surface area contributed by atoms with Gasteiger partial charge in [-0.1, -0.05) is 12.1 Å². The summed E-state index contributed by atoms with van der Waals surface area (Å²) in [4.78, 5) is 0. The quantitative estimate of drug-likeness (QED) is 0.674. The smallest absolute Gasteiger partial charge is 0.174 e. The second-order valence-corrected chi connectivity index (χ2v) is 5.26. The number of benzene rings is 1. The largest absolute Gasteiger partial charge is 0.457 e. The third-order valence-electron chi connectivity index (χ3n) is 3.32. The van der Waals surface area contributed by atoms with E-state index in [1.54, 1.807) is 6.26 Å². The van der Waals surface area contributed by atoms with E-state index in [4.69, 9.17) is 10.3 Å². The van der Waals surface area contributed by atoms with Gasteiger partial charge < -0.3 is 4.42 Å². The Labute approximate surface area is 115 Å². The molecule has 0 bridgehead atoms. The highest BCUT2D eigenvalue weighted by Crippen LogP contribution is 2.31. The molecule has 1 aromatic carbocycles. The molecule has 0 spiro atoms. The van der Waals surface area contributed by atoms with Crippen LogP contribution in [-0.4, -0.2) is 0 Å². The van der Waals surface area contributed by atoms with Gasteiger partial charge in [0.25, 0.3) is 0 Å². The number of hydrogen-bond acceptors (Lipinski definition) is 3. The van der Waals surface area contributed by atoms with Crippen molar-refractivity contribution in [1.82, 2.24) is 5.43 Å². The SMILES string of the molecule is Cc1cc(C)c(C(NN)c2ccoc2Br)cc1C. The lowest BCUT2D eigenvalue weighted by molar-refractivity contribution is 0.526. The molecule has 2 rings (SSSR count). The lowest BCUT2D eigenvalue weighted by Gasteiger charge is -2.19. The fraction of sp³-hybridized carbons (Fsp3) is 0.286. The topological polar surface area (TPSA) is 51.2 Å². The minimum atomic E-state index is -0.0718. The molecular formula is C14H17BrN2O. The highest BCUT2D eigenvalue weighted by Gasteiger charge is 2.19. The summed E-state index contributed by atoms with van der Waals surface area (Å²) in [5.74, 6) is 5.71. The third kappa shape index (κ3) is 2.36. The van der Waals surface area contributed by atoms with Gasteiger partial charge in [0.1, 0.15) is 0 Å². The lowest BCUT2D eigenvalue weighted by Crippen LogP contribution is -2.29.